The fraction of sp³-hybridized carbons (Fsp3) is 0.778. The molecule has 8 nitrogen and oxygen atoms in total. The SMILES string of the molecule is CN1CCC2(CCC(NC(=O)c3cn(CC(=O)N(C)C)nn3)CC2)CC1. The highest BCUT2D eigenvalue weighted by molar-refractivity contribution is 5.92. The molecule has 2 amide bonds. The molecule has 0 unspecified atom stereocenters. The summed E-state index contributed by atoms with van der Waals surface area (Å²) in [6, 6.07) is 0.210. The Morgan fingerprint density at radius 2 is 1.88 bits per heavy atom. The number of piperidine rings is 1. The van der Waals surface area contributed by atoms with Gasteiger partial charge in [-0.2, -0.15) is 0 Å². The second-order valence-corrected chi connectivity index (χ2v) is 8.14. The average molecular weight is 362 g/mol. The molecule has 2 aliphatic rings. The van der Waals surface area contributed by atoms with E-state index in [2.05, 4.69) is 27.6 Å². The lowest BCUT2D eigenvalue weighted by atomic mass is 9.67. The molecule has 1 aliphatic carbocycles. The standard InChI is InChI=1S/C18H30N6O2/c1-22(2)16(25)13-24-12-15(20-21-24)17(26)19-14-4-6-18(7-5-14)8-10-23(3)11-9-18/h12,14H,4-11,13H2,1-3H3,(H,19,26). The maximum Gasteiger partial charge on any atom is 0.273 e. The average Bonchev–Trinajstić information content (AvgIpc) is 3.08. The first-order valence-electron chi connectivity index (χ1n) is 9.47. The van der Waals surface area contributed by atoms with Crippen LogP contribution >= 0.6 is 0 Å². The summed E-state index contributed by atoms with van der Waals surface area (Å²) in [5, 5.41) is 10.9. The molecule has 3 rings (SSSR count). The van der Waals surface area contributed by atoms with Crippen LogP contribution < -0.4 is 5.32 Å². The van der Waals surface area contributed by atoms with Crippen LogP contribution in [0.5, 0.6) is 0 Å². The second kappa shape index (κ2) is 7.73. The van der Waals surface area contributed by atoms with Crippen LogP contribution in [0, 0.1) is 5.41 Å². The topological polar surface area (TPSA) is 83.4 Å². The van der Waals surface area contributed by atoms with Gasteiger partial charge in [0.15, 0.2) is 5.69 Å². The van der Waals surface area contributed by atoms with Crippen molar-refractivity contribution in [3.8, 4) is 0 Å². The van der Waals surface area contributed by atoms with E-state index in [0.717, 1.165) is 12.8 Å². The van der Waals surface area contributed by atoms with Crippen molar-refractivity contribution in [3.63, 3.8) is 0 Å². The van der Waals surface area contributed by atoms with Crippen LogP contribution in [0.3, 0.4) is 0 Å². The third-order valence-corrected chi connectivity index (χ3v) is 6.00. The molecule has 1 saturated heterocycles. The van der Waals surface area contributed by atoms with Gasteiger partial charge in [-0.25, -0.2) is 4.68 Å². The van der Waals surface area contributed by atoms with Gasteiger partial charge in [0.25, 0.3) is 5.91 Å². The van der Waals surface area contributed by atoms with E-state index in [9.17, 15) is 9.59 Å². The lowest BCUT2D eigenvalue weighted by Gasteiger charge is -2.45. The number of likely N-dealkylation sites (N-methyl/N-ethyl adjacent to an activating group) is 1. The van der Waals surface area contributed by atoms with Crippen LogP contribution in [0.1, 0.15) is 49.0 Å². The van der Waals surface area contributed by atoms with Crippen LogP contribution in [-0.2, 0) is 11.3 Å². The maximum absolute atomic E-state index is 12.4. The number of amides is 2. The van der Waals surface area contributed by atoms with E-state index in [1.165, 1.54) is 54.6 Å². The van der Waals surface area contributed by atoms with Crippen LogP contribution in [0.4, 0.5) is 0 Å². The molecule has 0 bridgehead atoms. The number of aromatic nitrogens is 3. The lowest BCUT2D eigenvalue weighted by Crippen LogP contribution is -2.45. The Hall–Kier alpha value is -1.96. The van der Waals surface area contributed by atoms with Crippen molar-refractivity contribution in [2.75, 3.05) is 34.2 Å². The Balaban J connectivity index is 1.49. The third kappa shape index (κ3) is 4.41. The van der Waals surface area contributed by atoms with Gasteiger partial charge in [0.1, 0.15) is 6.54 Å². The highest BCUT2D eigenvalue weighted by Gasteiger charge is 2.37. The molecule has 1 aliphatic heterocycles. The summed E-state index contributed by atoms with van der Waals surface area (Å²) in [5.41, 5.74) is 0.764. The van der Waals surface area contributed by atoms with Crippen molar-refractivity contribution in [3.05, 3.63) is 11.9 Å². The van der Waals surface area contributed by atoms with E-state index in [1.807, 2.05) is 0 Å². The van der Waals surface area contributed by atoms with Gasteiger partial charge >= 0.3 is 0 Å². The Morgan fingerprint density at radius 1 is 1.23 bits per heavy atom. The summed E-state index contributed by atoms with van der Waals surface area (Å²) in [4.78, 5) is 28.0. The smallest absolute Gasteiger partial charge is 0.273 e. The minimum absolute atomic E-state index is 0.0856. The van der Waals surface area contributed by atoms with Crippen molar-refractivity contribution in [2.45, 2.75) is 51.1 Å². The summed E-state index contributed by atoms with van der Waals surface area (Å²) < 4.78 is 1.41. The van der Waals surface area contributed by atoms with Gasteiger partial charge in [0.2, 0.25) is 5.91 Å². The molecule has 1 saturated carbocycles. The number of hydrogen-bond acceptors (Lipinski definition) is 5. The van der Waals surface area contributed by atoms with Gasteiger partial charge in [0, 0.05) is 20.1 Å². The van der Waals surface area contributed by atoms with E-state index < -0.39 is 0 Å². The van der Waals surface area contributed by atoms with E-state index in [1.54, 1.807) is 14.1 Å². The van der Waals surface area contributed by atoms with Gasteiger partial charge in [-0.15, -0.1) is 5.10 Å². The molecule has 0 atom stereocenters. The van der Waals surface area contributed by atoms with Crippen LogP contribution in [0.2, 0.25) is 0 Å². The Morgan fingerprint density at radius 3 is 2.50 bits per heavy atom. The predicted octanol–water partition coefficient (Wildman–Crippen LogP) is 0.751. The predicted molar refractivity (Wildman–Crippen MR) is 97.6 cm³/mol. The molecule has 26 heavy (non-hydrogen) atoms. The zero-order chi connectivity index (χ0) is 18.7. The normalized spacial score (nSPS) is 20.9. The fourth-order valence-corrected chi connectivity index (χ4v) is 3.99. The van der Waals surface area contributed by atoms with Gasteiger partial charge in [-0.05, 0) is 64.1 Å². The summed E-state index contributed by atoms with van der Waals surface area (Å²) in [6.45, 7) is 2.46. The van der Waals surface area contributed by atoms with Gasteiger partial charge in [-0.1, -0.05) is 5.21 Å². The molecule has 1 N–H and O–H groups in total. The first-order valence-corrected chi connectivity index (χ1v) is 9.47. The molecule has 0 aromatic carbocycles. The van der Waals surface area contributed by atoms with Crippen LogP contribution in [0.15, 0.2) is 6.20 Å². The summed E-state index contributed by atoms with van der Waals surface area (Å²) in [5.74, 6) is -0.282. The van der Waals surface area contributed by atoms with Crippen molar-refractivity contribution < 1.29 is 9.59 Å². The number of carbonyl (C=O) groups excluding carboxylic acids is 2. The molecule has 1 aromatic heterocycles. The lowest BCUT2D eigenvalue weighted by molar-refractivity contribution is -0.129. The molecule has 1 aromatic rings. The molecule has 1 spiro atoms. The van der Waals surface area contributed by atoms with E-state index in [0.29, 0.717) is 5.41 Å². The molecular formula is C18H30N6O2. The first kappa shape index (κ1) is 18.8. The number of nitrogens with one attached hydrogen (secondary N) is 1. The Kier molecular flexibility index (Phi) is 5.60. The Bertz CT molecular complexity index is 638. The van der Waals surface area contributed by atoms with Crippen molar-refractivity contribution in [1.82, 2.24) is 30.1 Å². The summed E-state index contributed by atoms with van der Waals surface area (Å²) in [7, 11) is 5.57. The largest absolute Gasteiger partial charge is 0.348 e. The van der Waals surface area contributed by atoms with Crippen molar-refractivity contribution in [1.29, 1.82) is 0 Å². The number of rotatable bonds is 4. The quantitative estimate of drug-likeness (QED) is 0.855. The summed E-state index contributed by atoms with van der Waals surface area (Å²) >= 11 is 0. The van der Waals surface area contributed by atoms with E-state index in [-0.39, 0.29) is 30.1 Å². The van der Waals surface area contributed by atoms with Crippen molar-refractivity contribution in [2.24, 2.45) is 5.41 Å². The number of nitrogens with zero attached hydrogens (tertiary/aromatic N) is 5. The minimum Gasteiger partial charge on any atom is -0.348 e. The van der Waals surface area contributed by atoms with Gasteiger partial charge in [0.05, 0.1) is 6.20 Å². The monoisotopic (exact) mass is 362 g/mol. The highest BCUT2D eigenvalue weighted by Crippen LogP contribution is 2.44. The molecule has 8 heteroatoms. The van der Waals surface area contributed by atoms with Crippen molar-refractivity contribution >= 4 is 11.8 Å². The number of hydrogen-bond donors (Lipinski definition) is 1. The van der Waals surface area contributed by atoms with Crippen LogP contribution in [-0.4, -0.2) is 76.9 Å². The van der Waals surface area contributed by atoms with Gasteiger partial charge in [-0.3, -0.25) is 9.59 Å². The maximum atomic E-state index is 12.4. The third-order valence-electron chi connectivity index (χ3n) is 6.00. The highest BCUT2D eigenvalue weighted by atomic mass is 16.2. The molecule has 2 heterocycles. The van der Waals surface area contributed by atoms with Gasteiger partial charge < -0.3 is 15.1 Å². The Labute approximate surface area is 154 Å². The number of likely N-dealkylation sites (tertiary alicyclic amines) is 1. The zero-order valence-electron chi connectivity index (χ0n) is 16.1. The molecule has 144 valence electrons. The number of carbonyl (C=O) groups is 2. The molecule has 0 radical (unpaired) electrons. The summed E-state index contributed by atoms with van der Waals surface area (Å²) in [6.07, 6.45) is 8.53. The minimum atomic E-state index is -0.196. The van der Waals surface area contributed by atoms with E-state index in [4.69, 9.17) is 0 Å². The molecular weight excluding hydrogens is 332 g/mol. The van der Waals surface area contributed by atoms with E-state index >= 15 is 0 Å². The fourth-order valence-electron chi connectivity index (χ4n) is 3.99. The zero-order valence-corrected chi connectivity index (χ0v) is 16.1. The molecule has 2 fully saturated rings. The first-order chi connectivity index (χ1) is 12.4. The second-order valence-electron chi connectivity index (χ2n) is 8.14. The van der Waals surface area contributed by atoms with Crippen LogP contribution in [0.25, 0.3) is 0 Å².